The van der Waals surface area contributed by atoms with Gasteiger partial charge in [-0.3, -0.25) is 9.59 Å². The zero-order valence-corrected chi connectivity index (χ0v) is 11.7. The van der Waals surface area contributed by atoms with E-state index in [4.69, 9.17) is 0 Å². The zero-order valence-electron chi connectivity index (χ0n) is 10.9. The average Bonchev–Trinajstić information content (AvgIpc) is 2.49. The molecule has 3 rings (SSSR count). The predicted octanol–water partition coefficient (Wildman–Crippen LogP) is 3.64. The molecular weight excluding hydrogens is 256 g/mol. The molecule has 0 unspecified atom stereocenters. The molecule has 0 aromatic heterocycles. The second-order valence-electron chi connectivity index (χ2n) is 5.61. The van der Waals surface area contributed by atoms with Gasteiger partial charge < -0.3 is 0 Å². The van der Waals surface area contributed by atoms with Gasteiger partial charge in [0.15, 0.2) is 5.78 Å². The first-order chi connectivity index (χ1) is 9.20. The molecule has 2 aliphatic carbocycles. The molecule has 1 aromatic rings. The maximum atomic E-state index is 12.7. The Morgan fingerprint density at radius 1 is 1.11 bits per heavy atom. The largest absolute Gasteiger partial charge is 0.300 e. The second-order valence-corrected chi connectivity index (χ2v) is 7.06. The van der Waals surface area contributed by atoms with Gasteiger partial charge in [0.1, 0.15) is 5.78 Å². The van der Waals surface area contributed by atoms with Gasteiger partial charge in [-0.25, -0.2) is 0 Å². The molecule has 0 amide bonds. The Bertz CT molecular complexity index is 497. The van der Waals surface area contributed by atoms with E-state index in [2.05, 4.69) is 12.1 Å². The quantitative estimate of drug-likeness (QED) is 0.825. The van der Waals surface area contributed by atoms with Gasteiger partial charge in [-0.2, -0.15) is 0 Å². The monoisotopic (exact) mass is 274 g/mol. The zero-order chi connectivity index (χ0) is 13.3. The van der Waals surface area contributed by atoms with E-state index in [0.717, 1.165) is 30.6 Å². The minimum Gasteiger partial charge on any atom is -0.300 e. The number of rotatable bonds is 2. The van der Waals surface area contributed by atoms with Crippen LogP contribution in [-0.2, 0) is 9.59 Å². The summed E-state index contributed by atoms with van der Waals surface area (Å²) in [6.45, 7) is 0. The van der Waals surface area contributed by atoms with Gasteiger partial charge in [0.05, 0.1) is 4.75 Å². The number of fused-ring (bicyclic) bond motifs is 2. The van der Waals surface area contributed by atoms with Crippen molar-refractivity contribution in [3.8, 4) is 0 Å². The number of ketones is 2. The van der Waals surface area contributed by atoms with Gasteiger partial charge in [-0.1, -0.05) is 24.6 Å². The summed E-state index contributed by atoms with van der Waals surface area (Å²) in [4.78, 5) is 25.7. The Balaban J connectivity index is 1.91. The molecule has 2 saturated carbocycles. The third kappa shape index (κ3) is 2.48. The fourth-order valence-electron chi connectivity index (χ4n) is 3.29. The molecule has 19 heavy (non-hydrogen) atoms. The number of thioether (sulfide) groups is 1. The molecule has 1 aromatic carbocycles. The van der Waals surface area contributed by atoms with Crippen molar-refractivity contribution >= 4 is 23.3 Å². The third-order valence-corrected chi connectivity index (χ3v) is 5.80. The Morgan fingerprint density at radius 3 is 2.68 bits per heavy atom. The minimum atomic E-state index is -0.337. The summed E-state index contributed by atoms with van der Waals surface area (Å²) in [6, 6.07) is 10.1. The average molecular weight is 274 g/mol. The smallest absolute Gasteiger partial charge is 0.152 e. The van der Waals surface area contributed by atoms with Crippen LogP contribution in [-0.4, -0.2) is 16.3 Å². The van der Waals surface area contributed by atoms with Crippen molar-refractivity contribution in [1.82, 2.24) is 0 Å². The van der Waals surface area contributed by atoms with Gasteiger partial charge in [0, 0.05) is 23.7 Å². The van der Waals surface area contributed by atoms with E-state index >= 15 is 0 Å². The molecule has 0 heterocycles. The molecule has 100 valence electrons. The molecule has 2 bridgehead atoms. The lowest BCUT2D eigenvalue weighted by Crippen LogP contribution is -2.41. The van der Waals surface area contributed by atoms with Crippen LogP contribution in [0.15, 0.2) is 35.2 Å². The van der Waals surface area contributed by atoms with Crippen LogP contribution in [0.5, 0.6) is 0 Å². The minimum absolute atomic E-state index is 0.0139. The van der Waals surface area contributed by atoms with Crippen LogP contribution in [0.1, 0.15) is 38.5 Å². The highest BCUT2D eigenvalue weighted by atomic mass is 32.2. The van der Waals surface area contributed by atoms with E-state index in [0.29, 0.717) is 18.6 Å². The summed E-state index contributed by atoms with van der Waals surface area (Å²) in [7, 11) is 0. The lowest BCUT2D eigenvalue weighted by molar-refractivity contribution is -0.129. The first kappa shape index (κ1) is 12.9. The lowest BCUT2D eigenvalue weighted by atomic mass is 9.78. The second kappa shape index (κ2) is 5.12. The van der Waals surface area contributed by atoms with E-state index in [1.54, 1.807) is 11.8 Å². The van der Waals surface area contributed by atoms with E-state index < -0.39 is 0 Å². The van der Waals surface area contributed by atoms with Crippen molar-refractivity contribution in [2.75, 3.05) is 0 Å². The highest BCUT2D eigenvalue weighted by Gasteiger charge is 2.47. The molecular formula is C16H18O2S. The number of carbonyl (C=O) groups excluding carboxylic acids is 2. The standard InChI is InChI=1S/C16H18O2S/c17-13-8-10-16(19-14-6-2-1-3-7-14)9-4-5-12(11-13)15(16)18/h1-3,6-7,12H,4-5,8-11H2/t12-,16-/m0/s1. The Kier molecular flexibility index (Phi) is 3.48. The van der Waals surface area contributed by atoms with Crippen molar-refractivity contribution in [3.63, 3.8) is 0 Å². The van der Waals surface area contributed by atoms with Gasteiger partial charge in [0.2, 0.25) is 0 Å². The van der Waals surface area contributed by atoms with Crippen LogP contribution in [0.2, 0.25) is 0 Å². The van der Waals surface area contributed by atoms with E-state index in [-0.39, 0.29) is 16.4 Å². The summed E-state index contributed by atoms with van der Waals surface area (Å²) in [6.07, 6.45) is 4.68. The molecule has 2 fully saturated rings. The van der Waals surface area contributed by atoms with E-state index in [9.17, 15) is 9.59 Å². The van der Waals surface area contributed by atoms with Crippen LogP contribution in [0, 0.1) is 5.92 Å². The maximum absolute atomic E-state index is 12.7. The van der Waals surface area contributed by atoms with Gasteiger partial charge >= 0.3 is 0 Å². The summed E-state index contributed by atoms with van der Waals surface area (Å²) in [5, 5.41) is 0. The van der Waals surface area contributed by atoms with Crippen LogP contribution in [0.4, 0.5) is 0 Å². The highest BCUT2D eigenvalue weighted by molar-refractivity contribution is 8.01. The molecule has 0 aliphatic heterocycles. The van der Waals surface area contributed by atoms with Crippen LogP contribution >= 0.6 is 11.8 Å². The number of Topliss-reactive ketones (excluding diaryl/α,β-unsaturated/α-hetero) is 2. The fourth-order valence-corrected chi connectivity index (χ4v) is 4.75. The Hall–Kier alpha value is -1.09. The summed E-state index contributed by atoms with van der Waals surface area (Å²) in [5.41, 5.74) is 0. The lowest BCUT2D eigenvalue weighted by Gasteiger charge is -2.36. The Labute approximate surface area is 118 Å². The summed E-state index contributed by atoms with van der Waals surface area (Å²) < 4.78 is -0.337. The topological polar surface area (TPSA) is 34.1 Å². The van der Waals surface area contributed by atoms with Gasteiger partial charge in [-0.05, 0) is 31.4 Å². The number of carbonyl (C=O) groups is 2. The van der Waals surface area contributed by atoms with Gasteiger partial charge in [0.25, 0.3) is 0 Å². The van der Waals surface area contributed by atoms with Gasteiger partial charge in [-0.15, -0.1) is 11.8 Å². The molecule has 0 saturated heterocycles. The van der Waals surface area contributed by atoms with Crippen molar-refractivity contribution in [2.24, 2.45) is 5.92 Å². The SMILES string of the molecule is O=C1CC[C@@]2(Sc3ccccc3)CCC[C@@H](C1)C2=O. The first-order valence-corrected chi connectivity index (χ1v) is 7.81. The molecule has 0 N–H and O–H groups in total. The molecule has 0 radical (unpaired) electrons. The number of hydrogen-bond donors (Lipinski definition) is 0. The van der Waals surface area contributed by atoms with Crippen molar-refractivity contribution in [3.05, 3.63) is 30.3 Å². The predicted molar refractivity (Wildman–Crippen MR) is 76.2 cm³/mol. The number of hydrogen-bond acceptors (Lipinski definition) is 3. The third-order valence-electron chi connectivity index (χ3n) is 4.29. The van der Waals surface area contributed by atoms with Crippen molar-refractivity contribution in [2.45, 2.75) is 48.2 Å². The molecule has 2 aliphatic rings. The van der Waals surface area contributed by atoms with Crippen LogP contribution < -0.4 is 0 Å². The summed E-state index contributed by atoms with van der Waals surface area (Å²) in [5.74, 6) is 0.592. The molecule has 0 spiro atoms. The van der Waals surface area contributed by atoms with Crippen molar-refractivity contribution < 1.29 is 9.59 Å². The van der Waals surface area contributed by atoms with Crippen LogP contribution in [0.25, 0.3) is 0 Å². The molecule has 2 nitrogen and oxygen atoms in total. The van der Waals surface area contributed by atoms with Crippen LogP contribution in [0.3, 0.4) is 0 Å². The van der Waals surface area contributed by atoms with Crippen molar-refractivity contribution in [1.29, 1.82) is 0 Å². The van der Waals surface area contributed by atoms with E-state index in [1.165, 1.54) is 0 Å². The molecule has 2 atom stereocenters. The first-order valence-electron chi connectivity index (χ1n) is 7.00. The number of benzene rings is 1. The highest BCUT2D eigenvalue weighted by Crippen LogP contribution is 2.48. The fraction of sp³-hybridized carbons (Fsp3) is 0.500. The molecule has 3 heteroatoms. The normalized spacial score (nSPS) is 31.1. The maximum Gasteiger partial charge on any atom is 0.152 e. The van der Waals surface area contributed by atoms with E-state index in [1.807, 2.05) is 18.2 Å². The Morgan fingerprint density at radius 2 is 1.89 bits per heavy atom. The summed E-state index contributed by atoms with van der Waals surface area (Å²) >= 11 is 1.69.